The summed E-state index contributed by atoms with van der Waals surface area (Å²) in [6.45, 7) is 4.75. The van der Waals surface area contributed by atoms with Crippen LogP contribution in [-0.4, -0.2) is 26.8 Å². The molecule has 2 heterocycles. The molecule has 0 radical (unpaired) electrons. The second kappa shape index (κ2) is 9.65. The lowest BCUT2D eigenvalue weighted by Gasteiger charge is -2.09. The largest absolute Gasteiger partial charge is 0.356 e. The highest BCUT2D eigenvalue weighted by molar-refractivity contribution is 5.77. The summed E-state index contributed by atoms with van der Waals surface area (Å²) in [4.78, 5) is 27.9. The van der Waals surface area contributed by atoms with Crippen LogP contribution < -0.4 is 5.32 Å². The molecule has 0 spiro atoms. The number of aromatic nitrogens is 2. The zero-order valence-corrected chi connectivity index (χ0v) is 18.7. The number of rotatable bonds is 8. The quantitative estimate of drug-likeness (QED) is 0.297. The number of hydrogen-bond donors (Lipinski definition) is 1. The van der Waals surface area contributed by atoms with E-state index >= 15 is 0 Å². The molecule has 33 heavy (non-hydrogen) atoms. The third kappa shape index (κ3) is 5.09. The normalized spacial score (nSPS) is 11.1. The predicted octanol–water partition coefficient (Wildman–Crippen LogP) is 5.28. The lowest BCUT2D eigenvalue weighted by molar-refractivity contribution is -0.384. The molecule has 0 saturated carbocycles. The number of nitro benzene ring substituents is 1. The van der Waals surface area contributed by atoms with Crippen molar-refractivity contribution in [3.8, 4) is 22.4 Å². The molecule has 2 aromatic carbocycles. The Labute approximate surface area is 192 Å². The Bertz CT molecular complexity index is 1280. The van der Waals surface area contributed by atoms with Gasteiger partial charge in [0.2, 0.25) is 5.91 Å². The van der Waals surface area contributed by atoms with Gasteiger partial charge in [0.05, 0.1) is 16.3 Å². The van der Waals surface area contributed by atoms with Crippen LogP contribution in [0.25, 0.3) is 28.0 Å². The summed E-state index contributed by atoms with van der Waals surface area (Å²) in [5.74, 6) is 0.376. The Kier molecular flexibility index (Phi) is 6.49. The summed E-state index contributed by atoms with van der Waals surface area (Å²) in [6.07, 6.45) is 2.86. The van der Waals surface area contributed by atoms with E-state index in [2.05, 4.69) is 19.2 Å². The zero-order valence-electron chi connectivity index (χ0n) is 18.7. The van der Waals surface area contributed by atoms with Crippen molar-refractivity contribution in [2.75, 3.05) is 6.54 Å². The highest BCUT2D eigenvalue weighted by atomic mass is 16.6. The van der Waals surface area contributed by atoms with Gasteiger partial charge in [0.25, 0.3) is 5.69 Å². The molecule has 1 amide bonds. The number of carbonyl (C=O) groups excluding carboxylic acids is 1. The van der Waals surface area contributed by atoms with Crippen LogP contribution in [0.2, 0.25) is 0 Å². The number of pyridine rings is 1. The Morgan fingerprint density at radius 1 is 1.00 bits per heavy atom. The van der Waals surface area contributed by atoms with Crippen LogP contribution in [0, 0.1) is 16.0 Å². The number of nitro groups is 1. The first-order chi connectivity index (χ1) is 15.9. The van der Waals surface area contributed by atoms with Crippen molar-refractivity contribution in [3.05, 3.63) is 88.7 Å². The molecule has 7 heteroatoms. The van der Waals surface area contributed by atoms with Crippen LogP contribution in [0.4, 0.5) is 5.69 Å². The van der Waals surface area contributed by atoms with E-state index in [9.17, 15) is 14.9 Å². The average Bonchev–Trinajstić information content (AvgIpc) is 3.19. The fraction of sp³-hybridized carbons (Fsp3) is 0.231. The molecular weight excluding hydrogens is 416 g/mol. The van der Waals surface area contributed by atoms with Gasteiger partial charge in [-0.3, -0.25) is 14.9 Å². The van der Waals surface area contributed by atoms with Gasteiger partial charge in [0.15, 0.2) is 0 Å². The van der Waals surface area contributed by atoms with E-state index in [0.717, 1.165) is 33.7 Å². The maximum absolute atomic E-state index is 12.4. The molecule has 4 rings (SSSR count). The second-order valence-electron chi connectivity index (χ2n) is 8.42. The Morgan fingerprint density at radius 2 is 1.70 bits per heavy atom. The van der Waals surface area contributed by atoms with E-state index in [1.54, 1.807) is 12.1 Å². The van der Waals surface area contributed by atoms with Crippen molar-refractivity contribution in [1.29, 1.82) is 0 Å². The zero-order chi connectivity index (χ0) is 23.4. The van der Waals surface area contributed by atoms with Gasteiger partial charge in [-0.05, 0) is 47.7 Å². The Balaban J connectivity index is 1.74. The maximum atomic E-state index is 12.4. The minimum absolute atomic E-state index is 0.00693. The van der Waals surface area contributed by atoms with Crippen LogP contribution in [0.15, 0.2) is 72.9 Å². The standard InChI is InChI=1S/C26H26N4O3/c1-18(2)16-27-25(31)15-13-23-26(20-8-11-22(12-9-20)30(32)33)28-24-14-10-21(17-29(23)24)19-6-4-3-5-7-19/h3-12,14,17-18H,13,15-16H2,1-2H3,(H,27,31). The molecule has 4 aromatic rings. The van der Waals surface area contributed by atoms with Crippen molar-refractivity contribution < 1.29 is 9.72 Å². The van der Waals surface area contributed by atoms with Crippen molar-refractivity contribution in [2.45, 2.75) is 26.7 Å². The third-order valence-corrected chi connectivity index (χ3v) is 5.47. The van der Waals surface area contributed by atoms with Crippen LogP contribution in [0.3, 0.4) is 0 Å². The number of carbonyl (C=O) groups is 1. The molecule has 0 saturated heterocycles. The van der Waals surface area contributed by atoms with Crippen LogP contribution >= 0.6 is 0 Å². The SMILES string of the molecule is CC(C)CNC(=O)CCc1c(-c2ccc([N+](=O)[O-])cc2)nc2ccc(-c3ccccc3)cn12. The Hall–Kier alpha value is -4.00. The monoisotopic (exact) mass is 442 g/mol. The molecule has 0 fully saturated rings. The molecule has 0 unspecified atom stereocenters. The van der Waals surface area contributed by atoms with E-state index in [1.165, 1.54) is 12.1 Å². The molecular formula is C26H26N4O3. The highest BCUT2D eigenvalue weighted by Gasteiger charge is 2.17. The van der Waals surface area contributed by atoms with E-state index in [4.69, 9.17) is 4.98 Å². The summed E-state index contributed by atoms with van der Waals surface area (Å²) >= 11 is 0. The minimum atomic E-state index is -0.417. The van der Waals surface area contributed by atoms with E-state index < -0.39 is 4.92 Å². The number of nitrogens with zero attached hydrogens (tertiary/aromatic N) is 3. The van der Waals surface area contributed by atoms with E-state index in [1.807, 2.05) is 53.1 Å². The number of amides is 1. The lowest BCUT2D eigenvalue weighted by atomic mass is 10.1. The molecule has 0 aliphatic heterocycles. The number of hydrogen-bond acceptors (Lipinski definition) is 4. The van der Waals surface area contributed by atoms with Crippen LogP contribution in [0.1, 0.15) is 26.0 Å². The molecule has 1 N–H and O–H groups in total. The first-order valence-electron chi connectivity index (χ1n) is 11.0. The van der Waals surface area contributed by atoms with Gasteiger partial charge < -0.3 is 9.72 Å². The van der Waals surface area contributed by atoms with Gasteiger partial charge >= 0.3 is 0 Å². The molecule has 7 nitrogen and oxygen atoms in total. The van der Waals surface area contributed by atoms with E-state index in [-0.39, 0.29) is 11.6 Å². The smallest absolute Gasteiger partial charge is 0.269 e. The van der Waals surface area contributed by atoms with Gasteiger partial charge in [-0.25, -0.2) is 4.98 Å². The highest BCUT2D eigenvalue weighted by Crippen LogP contribution is 2.29. The van der Waals surface area contributed by atoms with Crippen molar-refractivity contribution in [1.82, 2.24) is 14.7 Å². The summed E-state index contributed by atoms with van der Waals surface area (Å²) < 4.78 is 2.02. The first-order valence-corrected chi connectivity index (χ1v) is 11.0. The molecule has 0 bridgehead atoms. The van der Waals surface area contributed by atoms with Crippen LogP contribution in [0.5, 0.6) is 0 Å². The van der Waals surface area contributed by atoms with Gasteiger partial charge in [-0.15, -0.1) is 0 Å². The molecule has 0 aliphatic carbocycles. The average molecular weight is 443 g/mol. The lowest BCUT2D eigenvalue weighted by Crippen LogP contribution is -2.27. The second-order valence-corrected chi connectivity index (χ2v) is 8.42. The maximum Gasteiger partial charge on any atom is 0.269 e. The summed E-state index contributed by atoms with van der Waals surface area (Å²) in [6, 6.07) is 20.4. The summed E-state index contributed by atoms with van der Waals surface area (Å²) in [5.41, 5.74) is 5.34. The molecule has 2 aromatic heterocycles. The van der Waals surface area contributed by atoms with Crippen molar-refractivity contribution >= 4 is 17.2 Å². The number of non-ortho nitro benzene ring substituents is 1. The summed E-state index contributed by atoms with van der Waals surface area (Å²) in [5, 5.41) is 14.0. The number of aryl methyl sites for hydroxylation is 1. The number of fused-ring (bicyclic) bond motifs is 1. The Morgan fingerprint density at radius 3 is 2.36 bits per heavy atom. The number of imidazole rings is 1. The fourth-order valence-corrected chi connectivity index (χ4v) is 3.74. The predicted molar refractivity (Wildman–Crippen MR) is 129 cm³/mol. The van der Waals surface area contributed by atoms with Gasteiger partial charge in [-0.2, -0.15) is 0 Å². The molecule has 0 aliphatic rings. The van der Waals surface area contributed by atoms with Gasteiger partial charge in [0, 0.05) is 36.9 Å². The van der Waals surface area contributed by atoms with Crippen molar-refractivity contribution in [2.24, 2.45) is 5.92 Å². The molecule has 168 valence electrons. The number of benzene rings is 2. The summed E-state index contributed by atoms with van der Waals surface area (Å²) in [7, 11) is 0. The van der Waals surface area contributed by atoms with Crippen molar-refractivity contribution in [3.63, 3.8) is 0 Å². The van der Waals surface area contributed by atoms with Gasteiger partial charge in [0.1, 0.15) is 5.65 Å². The fourth-order valence-electron chi connectivity index (χ4n) is 3.74. The van der Waals surface area contributed by atoms with E-state index in [0.29, 0.717) is 25.3 Å². The first kappa shape index (κ1) is 22.2. The number of nitrogens with one attached hydrogen (secondary N) is 1. The minimum Gasteiger partial charge on any atom is -0.356 e. The third-order valence-electron chi connectivity index (χ3n) is 5.47. The van der Waals surface area contributed by atoms with Crippen LogP contribution in [-0.2, 0) is 11.2 Å². The van der Waals surface area contributed by atoms with Gasteiger partial charge in [-0.1, -0.05) is 44.2 Å². The molecule has 0 atom stereocenters. The topological polar surface area (TPSA) is 89.5 Å².